The molecular formula is C17H13F2N2NaO4. The van der Waals surface area contributed by atoms with E-state index in [1.165, 1.54) is 36.4 Å². The molecule has 6 nitrogen and oxygen atoms in total. The summed E-state index contributed by atoms with van der Waals surface area (Å²) in [6.45, 7) is 0. The van der Waals surface area contributed by atoms with Crippen LogP contribution in [0.25, 0.3) is 5.57 Å². The first-order chi connectivity index (χ1) is 11.8. The van der Waals surface area contributed by atoms with Crippen molar-refractivity contribution >= 4 is 17.2 Å². The van der Waals surface area contributed by atoms with Crippen LogP contribution in [0, 0.1) is 21.7 Å². The quantitative estimate of drug-likeness (QED) is 0.389. The first kappa shape index (κ1) is 21.9. The number of nitrogens with zero attached hydrogens (tertiary/aromatic N) is 1. The van der Waals surface area contributed by atoms with E-state index >= 15 is 0 Å². The van der Waals surface area contributed by atoms with E-state index in [9.17, 15) is 28.8 Å². The molecule has 0 fully saturated rings. The van der Waals surface area contributed by atoms with Gasteiger partial charge in [-0.2, -0.15) is 0 Å². The molecule has 9 heteroatoms. The second-order valence-electron chi connectivity index (χ2n) is 5.21. The molecule has 0 aliphatic heterocycles. The summed E-state index contributed by atoms with van der Waals surface area (Å²) in [5, 5.41) is 21.7. The largest absolute Gasteiger partial charge is 1.00 e. The van der Waals surface area contributed by atoms with Crippen LogP contribution in [0.3, 0.4) is 0 Å². The van der Waals surface area contributed by atoms with Gasteiger partial charge in [0, 0.05) is 29.8 Å². The number of hydrogen-bond donors (Lipinski definition) is 1. The van der Waals surface area contributed by atoms with Crippen LogP contribution < -0.4 is 40.4 Å². The molecule has 2 aromatic rings. The van der Waals surface area contributed by atoms with E-state index in [1.54, 1.807) is 0 Å². The molecule has 0 aliphatic carbocycles. The zero-order chi connectivity index (χ0) is 18.6. The number of rotatable bonds is 6. The van der Waals surface area contributed by atoms with E-state index in [0.717, 1.165) is 6.07 Å². The van der Waals surface area contributed by atoms with Crippen molar-refractivity contribution in [2.45, 2.75) is 12.5 Å². The van der Waals surface area contributed by atoms with Gasteiger partial charge in [-0.1, -0.05) is 18.2 Å². The molecule has 0 saturated heterocycles. The van der Waals surface area contributed by atoms with Crippen molar-refractivity contribution in [2.24, 2.45) is 5.73 Å². The topological polar surface area (TPSA) is 109 Å². The van der Waals surface area contributed by atoms with Crippen LogP contribution in [0.1, 0.15) is 17.5 Å². The van der Waals surface area contributed by atoms with Crippen LogP contribution in [0.15, 0.2) is 48.5 Å². The van der Waals surface area contributed by atoms with Gasteiger partial charge in [-0.05, 0) is 29.7 Å². The second kappa shape index (κ2) is 9.54. The Hall–Kier alpha value is -2.13. The zero-order valence-corrected chi connectivity index (χ0v) is 15.8. The summed E-state index contributed by atoms with van der Waals surface area (Å²) in [5.74, 6) is -3.17. The van der Waals surface area contributed by atoms with Gasteiger partial charge in [-0.25, -0.2) is 8.78 Å². The number of hydrogen-bond acceptors (Lipinski definition) is 5. The normalized spacial score (nSPS) is 12.2. The Balaban J connectivity index is 0.00000338. The predicted molar refractivity (Wildman–Crippen MR) is 84.1 cm³/mol. The molecule has 0 spiro atoms. The fraction of sp³-hybridized carbons (Fsp3) is 0.118. The zero-order valence-electron chi connectivity index (χ0n) is 13.8. The standard InChI is InChI=1S/C17H14F2N2O4.Na/c18-11-4-5-14(15(19)9-11)13(6-7-16(20)17(22)23)10-2-1-3-12(8-10)21(24)25;/h1-6,8-9,16H,7,20H2,(H,22,23);/q;+1/p-1/b13-6-;. The molecular weight excluding hydrogens is 357 g/mol. The van der Waals surface area contributed by atoms with Crippen LogP contribution in [0.4, 0.5) is 14.5 Å². The number of carboxylic acids is 1. The Morgan fingerprint density at radius 2 is 1.92 bits per heavy atom. The van der Waals surface area contributed by atoms with Crippen LogP contribution in [0.2, 0.25) is 0 Å². The van der Waals surface area contributed by atoms with Gasteiger partial charge in [0.2, 0.25) is 0 Å². The molecule has 0 amide bonds. The molecule has 130 valence electrons. The summed E-state index contributed by atoms with van der Waals surface area (Å²) in [6.07, 6.45) is 1.13. The minimum Gasteiger partial charge on any atom is -0.548 e. The van der Waals surface area contributed by atoms with Gasteiger partial charge in [0.1, 0.15) is 11.6 Å². The van der Waals surface area contributed by atoms with Crippen LogP contribution in [0.5, 0.6) is 0 Å². The molecule has 0 aromatic heterocycles. The van der Waals surface area contributed by atoms with E-state index in [2.05, 4.69) is 0 Å². The monoisotopic (exact) mass is 370 g/mol. The number of nitro groups is 1. The SMILES string of the molecule is NC(C/C=C(/c1cccc([N+](=O)[O-])c1)c1ccc(F)cc1F)C(=O)[O-].[Na+]. The third kappa shape index (κ3) is 5.43. The average Bonchev–Trinajstić information content (AvgIpc) is 2.56. The summed E-state index contributed by atoms with van der Waals surface area (Å²) in [5.41, 5.74) is 5.56. The third-order valence-corrected chi connectivity index (χ3v) is 3.47. The number of carboxylic acid groups (broad SMARTS) is 1. The molecule has 0 bridgehead atoms. The molecule has 0 heterocycles. The van der Waals surface area contributed by atoms with Gasteiger partial charge in [0.05, 0.1) is 10.9 Å². The van der Waals surface area contributed by atoms with Gasteiger partial charge < -0.3 is 15.6 Å². The molecule has 2 aromatic carbocycles. The Morgan fingerprint density at radius 1 is 1.23 bits per heavy atom. The predicted octanol–water partition coefficient (Wildman–Crippen LogP) is -1.22. The van der Waals surface area contributed by atoms with Crippen molar-refractivity contribution in [3.63, 3.8) is 0 Å². The fourth-order valence-corrected chi connectivity index (χ4v) is 2.22. The summed E-state index contributed by atoms with van der Waals surface area (Å²) >= 11 is 0. The number of nitrogens with two attached hydrogens (primary N) is 1. The molecule has 2 rings (SSSR count). The average molecular weight is 370 g/mol. The molecule has 0 aliphatic rings. The third-order valence-electron chi connectivity index (χ3n) is 3.47. The van der Waals surface area contributed by atoms with Crippen molar-refractivity contribution in [3.05, 3.63) is 81.4 Å². The van der Waals surface area contributed by atoms with E-state index in [-0.39, 0.29) is 58.4 Å². The van der Waals surface area contributed by atoms with Gasteiger partial charge >= 0.3 is 29.6 Å². The van der Waals surface area contributed by atoms with Gasteiger partial charge in [0.15, 0.2) is 0 Å². The first-order valence-electron chi connectivity index (χ1n) is 7.16. The number of halogens is 2. The van der Waals surface area contributed by atoms with E-state index in [4.69, 9.17) is 5.73 Å². The fourth-order valence-electron chi connectivity index (χ4n) is 2.22. The van der Waals surface area contributed by atoms with Crippen LogP contribution in [-0.4, -0.2) is 16.9 Å². The van der Waals surface area contributed by atoms with Gasteiger partial charge in [0.25, 0.3) is 5.69 Å². The van der Waals surface area contributed by atoms with Crippen molar-refractivity contribution in [1.29, 1.82) is 0 Å². The minimum absolute atomic E-state index is 0. The summed E-state index contributed by atoms with van der Waals surface area (Å²) in [4.78, 5) is 21.1. The van der Waals surface area contributed by atoms with Gasteiger partial charge in [-0.15, -0.1) is 0 Å². The van der Waals surface area contributed by atoms with Crippen molar-refractivity contribution < 1.29 is 53.2 Å². The van der Waals surface area contributed by atoms with Gasteiger partial charge in [-0.3, -0.25) is 10.1 Å². The molecule has 0 radical (unpaired) electrons. The molecule has 1 unspecified atom stereocenters. The Bertz CT molecular complexity index is 858. The minimum atomic E-state index is -1.49. The van der Waals surface area contributed by atoms with E-state index in [1.807, 2.05) is 0 Å². The maximum atomic E-state index is 14.2. The van der Waals surface area contributed by atoms with Crippen molar-refractivity contribution in [2.75, 3.05) is 0 Å². The Morgan fingerprint density at radius 3 is 2.50 bits per heavy atom. The molecule has 0 saturated carbocycles. The Kier molecular flexibility index (Phi) is 8.04. The maximum absolute atomic E-state index is 14.2. The molecule has 1 atom stereocenters. The van der Waals surface area contributed by atoms with Crippen molar-refractivity contribution in [1.82, 2.24) is 0 Å². The van der Waals surface area contributed by atoms with E-state index in [0.29, 0.717) is 6.07 Å². The first-order valence-corrected chi connectivity index (χ1v) is 7.16. The number of carbonyl (C=O) groups is 1. The summed E-state index contributed by atoms with van der Waals surface area (Å²) in [7, 11) is 0. The maximum Gasteiger partial charge on any atom is 1.00 e. The van der Waals surface area contributed by atoms with Crippen LogP contribution >= 0.6 is 0 Å². The number of benzene rings is 2. The molecule has 26 heavy (non-hydrogen) atoms. The smallest absolute Gasteiger partial charge is 0.548 e. The molecule has 2 N–H and O–H groups in total. The second-order valence-corrected chi connectivity index (χ2v) is 5.21. The Labute approximate surface area is 169 Å². The number of carbonyl (C=O) groups excluding carboxylic acids is 1. The van der Waals surface area contributed by atoms with E-state index < -0.39 is 28.6 Å². The summed E-state index contributed by atoms with van der Waals surface area (Å²) in [6, 6.07) is 6.89. The summed E-state index contributed by atoms with van der Waals surface area (Å²) < 4.78 is 27.3. The van der Waals surface area contributed by atoms with Crippen molar-refractivity contribution in [3.8, 4) is 0 Å². The number of non-ortho nitro benzene ring substituents is 1. The number of nitro benzene ring substituents is 1. The van der Waals surface area contributed by atoms with Crippen LogP contribution in [-0.2, 0) is 4.79 Å². The number of aliphatic carboxylic acids is 1.